The van der Waals surface area contributed by atoms with Gasteiger partial charge in [-0.2, -0.15) is 0 Å². The zero-order chi connectivity index (χ0) is 16.2. The number of morpholine rings is 1. The molecule has 1 amide bonds. The molecule has 7 nitrogen and oxygen atoms in total. The van der Waals surface area contributed by atoms with E-state index in [1.807, 2.05) is 39.9 Å². The van der Waals surface area contributed by atoms with E-state index in [1.54, 1.807) is 0 Å². The highest BCUT2D eigenvalue weighted by Gasteiger charge is 2.22. The van der Waals surface area contributed by atoms with Gasteiger partial charge in [-0.25, -0.2) is 4.98 Å². The Balaban J connectivity index is 1.72. The van der Waals surface area contributed by atoms with Crippen LogP contribution in [0.3, 0.4) is 0 Å². The largest absolute Gasteiger partial charge is 0.374 e. The SMILES string of the molecule is CN1CCO[C@@H](CN(CC(N)=O)Cc2cnc3ccccn23)C1. The molecule has 7 heteroatoms. The topological polar surface area (TPSA) is 76.1 Å². The van der Waals surface area contributed by atoms with Crippen molar-refractivity contribution in [2.24, 2.45) is 5.73 Å². The molecule has 2 aromatic heterocycles. The Morgan fingerprint density at radius 2 is 2.39 bits per heavy atom. The van der Waals surface area contributed by atoms with Crippen LogP contribution in [0, 0.1) is 0 Å². The van der Waals surface area contributed by atoms with Gasteiger partial charge in [-0.05, 0) is 19.2 Å². The number of primary amides is 1. The Kier molecular flexibility index (Phi) is 4.90. The second-order valence-electron chi connectivity index (χ2n) is 6.07. The molecule has 1 aliphatic heterocycles. The molecule has 1 saturated heterocycles. The smallest absolute Gasteiger partial charge is 0.231 e. The molecule has 3 heterocycles. The maximum atomic E-state index is 11.4. The van der Waals surface area contributed by atoms with Crippen LogP contribution in [-0.4, -0.2) is 71.0 Å². The van der Waals surface area contributed by atoms with Crippen LogP contribution in [0.2, 0.25) is 0 Å². The number of amides is 1. The number of nitrogens with zero attached hydrogens (tertiary/aromatic N) is 4. The Bertz CT molecular complexity index is 671. The van der Waals surface area contributed by atoms with E-state index in [1.165, 1.54) is 0 Å². The second kappa shape index (κ2) is 7.08. The van der Waals surface area contributed by atoms with E-state index in [4.69, 9.17) is 10.5 Å². The van der Waals surface area contributed by atoms with Crippen molar-refractivity contribution < 1.29 is 9.53 Å². The highest BCUT2D eigenvalue weighted by atomic mass is 16.5. The van der Waals surface area contributed by atoms with Crippen LogP contribution in [0.1, 0.15) is 5.69 Å². The number of carbonyl (C=O) groups excluding carboxylic acids is 1. The van der Waals surface area contributed by atoms with E-state index < -0.39 is 0 Å². The van der Waals surface area contributed by atoms with Gasteiger partial charge in [-0.3, -0.25) is 9.69 Å². The molecule has 1 fully saturated rings. The fourth-order valence-corrected chi connectivity index (χ4v) is 3.00. The average molecular weight is 317 g/mol. The monoisotopic (exact) mass is 317 g/mol. The number of imidazole rings is 1. The van der Waals surface area contributed by atoms with Crippen molar-refractivity contribution in [2.75, 3.05) is 39.8 Å². The summed E-state index contributed by atoms with van der Waals surface area (Å²) in [4.78, 5) is 20.1. The first kappa shape index (κ1) is 15.9. The number of nitrogens with two attached hydrogens (primary N) is 1. The molecule has 124 valence electrons. The Morgan fingerprint density at radius 1 is 1.52 bits per heavy atom. The summed E-state index contributed by atoms with van der Waals surface area (Å²) in [6, 6.07) is 5.88. The van der Waals surface area contributed by atoms with Gasteiger partial charge in [0, 0.05) is 32.4 Å². The van der Waals surface area contributed by atoms with E-state index in [0.29, 0.717) is 13.1 Å². The van der Waals surface area contributed by atoms with Crippen molar-refractivity contribution in [3.05, 3.63) is 36.3 Å². The van der Waals surface area contributed by atoms with Gasteiger partial charge in [0.1, 0.15) is 5.65 Å². The third kappa shape index (κ3) is 4.07. The standard InChI is InChI=1S/C16H23N5O2/c1-19-6-7-23-14(10-19)11-20(12-15(17)22)9-13-8-18-16-4-2-3-5-21(13)16/h2-5,8,14H,6-7,9-12H2,1H3,(H2,17,22)/t14-/m1/s1. The fraction of sp³-hybridized carbons (Fsp3) is 0.500. The first-order valence-corrected chi connectivity index (χ1v) is 7.83. The molecule has 0 aliphatic carbocycles. The highest BCUT2D eigenvalue weighted by Crippen LogP contribution is 2.11. The van der Waals surface area contributed by atoms with Crippen LogP contribution in [0.4, 0.5) is 0 Å². The third-order valence-electron chi connectivity index (χ3n) is 4.06. The molecule has 0 radical (unpaired) electrons. The van der Waals surface area contributed by atoms with Gasteiger partial charge in [0.05, 0.1) is 31.1 Å². The first-order chi connectivity index (χ1) is 11.1. The molecule has 0 bridgehead atoms. The summed E-state index contributed by atoms with van der Waals surface area (Å²) in [7, 11) is 2.08. The molecule has 0 unspecified atom stereocenters. The van der Waals surface area contributed by atoms with E-state index in [0.717, 1.165) is 31.0 Å². The molecule has 2 N–H and O–H groups in total. The predicted octanol–water partition coefficient (Wildman–Crippen LogP) is -0.0478. The maximum absolute atomic E-state index is 11.4. The lowest BCUT2D eigenvalue weighted by molar-refractivity contribution is -0.120. The van der Waals surface area contributed by atoms with Crippen LogP contribution < -0.4 is 5.73 Å². The van der Waals surface area contributed by atoms with Gasteiger partial charge < -0.3 is 19.8 Å². The van der Waals surface area contributed by atoms with Crippen LogP contribution in [0.25, 0.3) is 5.65 Å². The van der Waals surface area contributed by atoms with Gasteiger partial charge in [0.25, 0.3) is 0 Å². The number of fused-ring (bicyclic) bond motifs is 1. The number of hydrogen-bond donors (Lipinski definition) is 1. The maximum Gasteiger partial charge on any atom is 0.231 e. The van der Waals surface area contributed by atoms with Crippen LogP contribution in [0.15, 0.2) is 30.6 Å². The number of aromatic nitrogens is 2. The number of hydrogen-bond acceptors (Lipinski definition) is 5. The minimum absolute atomic E-state index is 0.0901. The number of carbonyl (C=O) groups is 1. The normalized spacial score (nSPS) is 19.5. The summed E-state index contributed by atoms with van der Waals surface area (Å²) in [6.45, 7) is 4.03. The van der Waals surface area contributed by atoms with E-state index in [9.17, 15) is 4.79 Å². The molecular formula is C16H23N5O2. The molecule has 23 heavy (non-hydrogen) atoms. The van der Waals surface area contributed by atoms with Crippen molar-refractivity contribution in [2.45, 2.75) is 12.6 Å². The van der Waals surface area contributed by atoms with E-state index in [-0.39, 0.29) is 18.6 Å². The van der Waals surface area contributed by atoms with E-state index in [2.05, 4.69) is 16.9 Å². The predicted molar refractivity (Wildman–Crippen MR) is 86.9 cm³/mol. The van der Waals surface area contributed by atoms with Crippen LogP contribution >= 0.6 is 0 Å². The zero-order valence-corrected chi connectivity index (χ0v) is 13.4. The minimum atomic E-state index is -0.331. The quantitative estimate of drug-likeness (QED) is 0.808. The molecular weight excluding hydrogens is 294 g/mol. The number of rotatable bonds is 6. The summed E-state index contributed by atoms with van der Waals surface area (Å²) < 4.78 is 7.84. The summed E-state index contributed by atoms with van der Waals surface area (Å²) in [5.41, 5.74) is 7.34. The molecule has 1 atom stereocenters. The van der Waals surface area contributed by atoms with Crippen molar-refractivity contribution in [3.8, 4) is 0 Å². The minimum Gasteiger partial charge on any atom is -0.374 e. The van der Waals surface area contributed by atoms with Gasteiger partial charge in [0.15, 0.2) is 0 Å². The van der Waals surface area contributed by atoms with Gasteiger partial charge >= 0.3 is 0 Å². The summed E-state index contributed by atoms with van der Waals surface area (Å²) in [5.74, 6) is -0.331. The first-order valence-electron chi connectivity index (χ1n) is 7.83. The molecule has 0 spiro atoms. The van der Waals surface area contributed by atoms with Gasteiger partial charge in [0.2, 0.25) is 5.91 Å². The van der Waals surface area contributed by atoms with Crippen molar-refractivity contribution in [1.29, 1.82) is 0 Å². The lowest BCUT2D eigenvalue weighted by Gasteiger charge is -2.33. The van der Waals surface area contributed by atoms with Crippen molar-refractivity contribution in [1.82, 2.24) is 19.2 Å². The number of pyridine rings is 1. The van der Waals surface area contributed by atoms with Crippen molar-refractivity contribution in [3.63, 3.8) is 0 Å². The zero-order valence-electron chi connectivity index (χ0n) is 13.4. The lowest BCUT2D eigenvalue weighted by Crippen LogP contribution is -2.47. The number of likely N-dealkylation sites (N-methyl/N-ethyl adjacent to an activating group) is 1. The Labute approximate surface area is 135 Å². The van der Waals surface area contributed by atoms with E-state index >= 15 is 0 Å². The van der Waals surface area contributed by atoms with Crippen LogP contribution in [0.5, 0.6) is 0 Å². The fourth-order valence-electron chi connectivity index (χ4n) is 3.00. The second-order valence-corrected chi connectivity index (χ2v) is 6.07. The van der Waals surface area contributed by atoms with Crippen molar-refractivity contribution >= 4 is 11.6 Å². The molecule has 1 aliphatic rings. The lowest BCUT2D eigenvalue weighted by atomic mass is 10.2. The average Bonchev–Trinajstić information content (AvgIpc) is 2.90. The molecule has 0 saturated carbocycles. The third-order valence-corrected chi connectivity index (χ3v) is 4.06. The highest BCUT2D eigenvalue weighted by molar-refractivity contribution is 5.75. The molecule has 2 aromatic rings. The number of ether oxygens (including phenoxy) is 1. The van der Waals surface area contributed by atoms with Gasteiger partial charge in [-0.1, -0.05) is 6.07 Å². The van der Waals surface area contributed by atoms with Gasteiger partial charge in [-0.15, -0.1) is 0 Å². The summed E-state index contributed by atoms with van der Waals surface area (Å²) >= 11 is 0. The Morgan fingerprint density at radius 3 is 3.17 bits per heavy atom. The summed E-state index contributed by atoms with van der Waals surface area (Å²) in [6.07, 6.45) is 3.91. The Hall–Kier alpha value is -1.96. The van der Waals surface area contributed by atoms with Crippen LogP contribution in [-0.2, 0) is 16.1 Å². The molecule has 0 aromatic carbocycles. The molecule has 3 rings (SSSR count). The summed E-state index contributed by atoms with van der Waals surface area (Å²) in [5, 5.41) is 0.